The third-order valence-corrected chi connectivity index (χ3v) is 13.4. The summed E-state index contributed by atoms with van der Waals surface area (Å²) in [6.07, 6.45) is 3.65. The van der Waals surface area contributed by atoms with E-state index >= 15 is 0 Å². The highest BCUT2D eigenvalue weighted by Crippen LogP contribution is 2.48. The molecule has 0 spiro atoms. The van der Waals surface area contributed by atoms with Crippen LogP contribution < -0.4 is 20.4 Å². The first-order valence-corrected chi connectivity index (χ1v) is 21.9. The molecule has 11 rings (SSSR count). The Morgan fingerprint density at radius 3 is 1.49 bits per heavy atom. The van der Waals surface area contributed by atoms with E-state index in [2.05, 4.69) is 30.6 Å². The number of carbonyl (C=O) groups is 4. The SMILES string of the molecule is Cc1c[nH]c2c(O)cc3c(c12)[C@H](CCl)CN3C(=O)c1cc2cc(NC(=O)c3ccc(C(=O)Nc4ccc5[nH]c(C(=O)N6C[C@@H](CCl)c7c6cc(O)c6[nH]cc(C)c76)cc5c4)o3)ccc2[nH]1. The molecule has 2 aliphatic rings. The number of phenols is 2. The van der Waals surface area contributed by atoms with Crippen molar-refractivity contribution < 1.29 is 33.8 Å². The molecule has 0 saturated carbocycles. The molecule has 0 unspecified atom stereocenters. The van der Waals surface area contributed by atoms with Crippen LogP contribution in [0.3, 0.4) is 0 Å². The predicted octanol–water partition coefficient (Wildman–Crippen LogP) is 9.70. The Morgan fingerprint density at radius 1 is 0.646 bits per heavy atom. The standard InChI is InChI=1S/C48H38Cl2N8O7/c1-21-17-51-43-35(59)13-33-41(39(21)43)25(15-49)19-57(33)47(63)31-11-23-9-27(3-5-29(23)55-31)53-45(61)37-7-8-38(65-37)46(62)54-28-4-6-30-24(10-28)12-32(56-30)48(64)58-20-26(16-50)42-34(58)14-36(60)44-40(42)22(2)18-52-44/h3-14,17-18,25-26,51-52,55-56,59-60H,15-16,19-20H2,1-2H3,(H,53,61)(H,54,62)/t25-,26-/m1/s1. The lowest BCUT2D eigenvalue weighted by atomic mass is 9.97. The Labute approximate surface area is 378 Å². The summed E-state index contributed by atoms with van der Waals surface area (Å²) in [7, 11) is 0. The fourth-order valence-electron chi connectivity index (χ4n) is 9.60. The fraction of sp³-hybridized carbons (Fsp3) is 0.167. The molecular formula is C48H38Cl2N8O7. The van der Waals surface area contributed by atoms with Gasteiger partial charge in [-0.15, -0.1) is 23.2 Å². The van der Waals surface area contributed by atoms with Gasteiger partial charge in [0.2, 0.25) is 0 Å². The number of hydrogen-bond donors (Lipinski definition) is 8. The molecule has 7 heterocycles. The maximum atomic E-state index is 14.0. The maximum Gasteiger partial charge on any atom is 0.291 e. The van der Waals surface area contributed by atoms with Crippen LogP contribution in [0.25, 0.3) is 43.6 Å². The summed E-state index contributed by atoms with van der Waals surface area (Å²) in [5.74, 6) is -1.51. The van der Waals surface area contributed by atoms with Crippen molar-refractivity contribution in [3.05, 3.63) is 130 Å². The number of hydrogen-bond acceptors (Lipinski definition) is 7. The Morgan fingerprint density at radius 2 is 1.08 bits per heavy atom. The van der Waals surface area contributed by atoms with Gasteiger partial charge in [0.1, 0.15) is 22.9 Å². The second-order valence-corrected chi connectivity index (χ2v) is 17.3. The first-order chi connectivity index (χ1) is 31.4. The van der Waals surface area contributed by atoms with Gasteiger partial charge < -0.3 is 55.0 Å². The lowest BCUT2D eigenvalue weighted by Crippen LogP contribution is -2.30. The molecule has 15 nitrogen and oxygen atoms in total. The third-order valence-electron chi connectivity index (χ3n) is 12.6. The van der Waals surface area contributed by atoms with E-state index in [-0.39, 0.29) is 46.7 Å². The summed E-state index contributed by atoms with van der Waals surface area (Å²) in [5.41, 5.74) is 9.05. The van der Waals surface area contributed by atoms with Crippen molar-refractivity contribution in [1.82, 2.24) is 19.9 Å². The number of anilines is 4. The van der Waals surface area contributed by atoms with Crippen molar-refractivity contribution in [3.8, 4) is 11.5 Å². The Hall–Kier alpha value is -7.62. The number of fused-ring (bicyclic) bond motifs is 8. The van der Waals surface area contributed by atoms with Crippen LogP contribution in [-0.2, 0) is 0 Å². The van der Waals surface area contributed by atoms with Crippen LogP contribution in [-0.4, -0.2) is 78.6 Å². The van der Waals surface area contributed by atoms with E-state index in [4.69, 9.17) is 27.6 Å². The van der Waals surface area contributed by atoms with Crippen molar-refractivity contribution in [2.75, 3.05) is 45.3 Å². The molecule has 4 aromatic carbocycles. The van der Waals surface area contributed by atoms with Crippen LogP contribution in [0.2, 0.25) is 0 Å². The topological polar surface area (TPSA) is 216 Å². The number of furan rings is 1. The lowest BCUT2D eigenvalue weighted by Gasteiger charge is -2.17. The van der Waals surface area contributed by atoms with E-state index in [0.717, 1.165) is 33.0 Å². The van der Waals surface area contributed by atoms with Crippen LogP contribution in [0.15, 0.2) is 89.6 Å². The smallest absolute Gasteiger partial charge is 0.291 e. The Bertz CT molecular complexity index is 3280. The Balaban J connectivity index is 0.764. The van der Waals surface area contributed by atoms with Crippen molar-refractivity contribution in [2.24, 2.45) is 0 Å². The number of aryl methyl sites for hydroxylation is 2. The number of nitrogens with one attached hydrogen (secondary N) is 6. The maximum absolute atomic E-state index is 14.0. The molecule has 0 saturated heterocycles. The van der Waals surface area contributed by atoms with Crippen LogP contribution >= 0.6 is 23.2 Å². The summed E-state index contributed by atoms with van der Waals surface area (Å²) in [6, 6.07) is 19.7. The number of halogens is 2. The highest BCUT2D eigenvalue weighted by Gasteiger charge is 2.38. The number of aromatic hydroxyl groups is 2. The number of H-pyrrole nitrogens is 4. The molecule has 2 aliphatic heterocycles. The molecule has 0 aliphatic carbocycles. The number of aromatic nitrogens is 4. The van der Waals surface area contributed by atoms with Gasteiger partial charge in [-0.2, -0.15) is 0 Å². The quantitative estimate of drug-likeness (QED) is 0.0690. The summed E-state index contributed by atoms with van der Waals surface area (Å²) in [5, 5.41) is 30.3. The van der Waals surface area contributed by atoms with Crippen LogP contribution in [0.4, 0.5) is 22.7 Å². The van der Waals surface area contributed by atoms with Gasteiger partial charge in [-0.1, -0.05) is 0 Å². The van der Waals surface area contributed by atoms with E-state index < -0.39 is 11.8 Å². The average Bonchev–Trinajstić information content (AvgIpc) is 4.16. The first-order valence-electron chi connectivity index (χ1n) is 20.8. The second-order valence-electron chi connectivity index (χ2n) is 16.7. The van der Waals surface area contributed by atoms with Crippen molar-refractivity contribution in [2.45, 2.75) is 25.7 Å². The molecule has 0 fully saturated rings. The fourth-order valence-corrected chi connectivity index (χ4v) is 10.1. The first kappa shape index (κ1) is 40.2. The lowest BCUT2D eigenvalue weighted by molar-refractivity contribution is 0.0965. The number of amides is 4. The average molecular weight is 910 g/mol. The molecule has 5 aromatic heterocycles. The van der Waals surface area contributed by atoms with Crippen molar-refractivity contribution in [1.29, 1.82) is 0 Å². The third kappa shape index (κ3) is 6.40. The molecule has 326 valence electrons. The summed E-state index contributed by atoms with van der Waals surface area (Å²) in [6.45, 7) is 4.59. The minimum absolute atomic E-state index is 0.0464. The largest absolute Gasteiger partial charge is 0.506 e. The molecule has 0 bridgehead atoms. The number of phenolic OH excluding ortho intramolecular Hbond substituents is 2. The number of rotatable bonds is 8. The second kappa shape index (κ2) is 15.0. The molecule has 2 atom stereocenters. The number of alkyl halides is 2. The zero-order valence-corrected chi connectivity index (χ0v) is 36.2. The summed E-state index contributed by atoms with van der Waals surface area (Å²) < 4.78 is 5.68. The number of aromatic amines is 4. The zero-order valence-electron chi connectivity index (χ0n) is 34.7. The van der Waals surface area contributed by atoms with E-state index in [9.17, 15) is 29.4 Å². The number of carbonyl (C=O) groups excluding carboxylic acids is 4. The van der Waals surface area contributed by atoms with E-state index in [1.807, 2.05) is 26.2 Å². The highest BCUT2D eigenvalue weighted by atomic mass is 35.5. The Kier molecular flexibility index (Phi) is 9.27. The monoisotopic (exact) mass is 908 g/mol. The van der Waals surface area contributed by atoms with Crippen LogP contribution in [0.1, 0.15) is 76.2 Å². The summed E-state index contributed by atoms with van der Waals surface area (Å²) >= 11 is 12.8. The van der Waals surface area contributed by atoms with Gasteiger partial charge in [-0.3, -0.25) is 19.2 Å². The van der Waals surface area contributed by atoms with Gasteiger partial charge in [-0.05, 0) is 96.8 Å². The zero-order chi connectivity index (χ0) is 45.0. The molecule has 0 radical (unpaired) electrons. The normalized spacial score (nSPS) is 15.7. The van der Waals surface area contributed by atoms with Crippen molar-refractivity contribution >= 4 is 113 Å². The van der Waals surface area contributed by atoms with Crippen LogP contribution in [0, 0.1) is 13.8 Å². The van der Waals surface area contributed by atoms with Gasteiger partial charge in [-0.25, -0.2) is 0 Å². The van der Waals surface area contributed by atoms with E-state index in [1.54, 1.807) is 70.5 Å². The minimum Gasteiger partial charge on any atom is -0.506 e. The molecule has 17 heteroatoms. The molecule has 9 aromatic rings. The molecular weight excluding hydrogens is 871 g/mol. The van der Waals surface area contributed by atoms with Gasteiger partial charge in [0, 0.05) is 105 Å². The molecule has 4 amide bonds. The van der Waals surface area contributed by atoms with Crippen molar-refractivity contribution in [3.63, 3.8) is 0 Å². The summed E-state index contributed by atoms with van der Waals surface area (Å²) in [4.78, 5) is 70.4. The van der Waals surface area contributed by atoms with E-state index in [1.165, 1.54) is 12.1 Å². The minimum atomic E-state index is -0.589. The van der Waals surface area contributed by atoms with Gasteiger partial charge >= 0.3 is 0 Å². The van der Waals surface area contributed by atoms with Gasteiger partial charge in [0.05, 0.1) is 22.4 Å². The van der Waals surface area contributed by atoms with Crippen LogP contribution in [0.5, 0.6) is 11.5 Å². The number of benzene rings is 4. The highest BCUT2D eigenvalue weighted by molar-refractivity contribution is 6.20. The molecule has 65 heavy (non-hydrogen) atoms. The number of nitrogens with zero attached hydrogens (tertiary/aromatic N) is 2. The van der Waals surface area contributed by atoms with Gasteiger partial charge in [0.25, 0.3) is 23.6 Å². The molecule has 8 N–H and O–H groups in total. The predicted molar refractivity (Wildman–Crippen MR) is 251 cm³/mol. The van der Waals surface area contributed by atoms with E-state index in [0.29, 0.717) is 91.8 Å². The van der Waals surface area contributed by atoms with Gasteiger partial charge in [0.15, 0.2) is 11.5 Å².